The molecule has 132 valence electrons. The maximum Gasteiger partial charge on any atom is 0.257 e. The first-order chi connectivity index (χ1) is 11.9. The largest absolute Gasteiger partial charge is 0.356 e. The first-order valence-corrected chi connectivity index (χ1v) is 7.81. The number of carbonyl (C=O) groups is 2. The molecule has 2 amide bonds. The molecule has 0 radical (unpaired) electrons. The van der Waals surface area contributed by atoms with Crippen molar-refractivity contribution in [2.24, 2.45) is 7.05 Å². The molecular weight excluding hydrogens is 327 g/mol. The van der Waals surface area contributed by atoms with E-state index in [2.05, 4.69) is 10.4 Å². The Morgan fingerprint density at radius 3 is 2.60 bits per heavy atom. The Labute approximate surface area is 144 Å². The minimum absolute atomic E-state index is 0.184. The number of nitrogens with zero attached hydrogens (tertiary/aromatic N) is 3. The zero-order chi connectivity index (χ0) is 18.1. The zero-order valence-electron chi connectivity index (χ0n) is 14.2. The number of ether oxygens (including phenoxy) is 1. The lowest BCUT2D eigenvalue weighted by atomic mass is 9.97. The Morgan fingerprint density at radius 2 is 2.00 bits per heavy atom. The highest BCUT2D eigenvalue weighted by atomic mass is 19.1. The summed E-state index contributed by atoms with van der Waals surface area (Å²) in [5.41, 5.74) is 1.39. The molecule has 8 heteroatoms. The predicted octanol–water partition coefficient (Wildman–Crippen LogP) is 1.40. The summed E-state index contributed by atoms with van der Waals surface area (Å²) in [7, 11) is 3.32. The van der Waals surface area contributed by atoms with Gasteiger partial charge in [0.05, 0.1) is 11.7 Å². The number of morpholine rings is 1. The summed E-state index contributed by atoms with van der Waals surface area (Å²) in [6, 6.07) is 6.78. The van der Waals surface area contributed by atoms with Crippen LogP contribution < -0.4 is 5.32 Å². The second-order valence-corrected chi connectivity index (χ2v) is 6.02. The second kappa shape index (κ2) is 6.64. The Hall–Kier alpha value is -2.74. The fourth-order valence-electron chi connectivity index (χ4n) is 2.91. The van der Waals surface area contributed by atoms with Crippen molar-refractivity contribution in [3.05, 3.63) is 47.4 Å². The maximum atomic E-state index is 13.2. The van der Waals surface area contributed by atoms with E-state index in [1.165, 1.54) is 17.0 Å². The molecule has 1 N–H and O–H groups in total. The number of benzene rings is 1. The Bertz CT molecular complexity index is 803. The van der Waals surface area contributed by atoms with E-state index in [-0.39, 0.29) is 18.3 Å². The van der Waals surface area contributed by atoms with Crippen molar-refractivity contribution in [3.8, 4) is 0 Å². The van der Waals surface area contributed by atoms with Crippen LogP contribution in [0.15, 0.2) is 30.3 Å². The van der Waals surface area contributed by atoms with E-state index in [1.807, 2.05) is 6.92 Å². The Morgan fingerprint density at radius 1 is 1.32 bits per heavy atom. The highest BCUT2D eigenvalue weighted by Crippen LogP contribution is 2.30. The number of nitrogens with one attached hydrogen (secondary N) is 1. The highest BCUT2D eigenvalue weighted by Gasteiger charge is 2.40. The molecule has 2 atom stereocenters. The number of hydrogen-bond acceptors (Lipinski definition) is 4. The fourth-order valence-corrected chi connectivity index (χ4v) is 2.91. The van der Waals surface area contributed by atoms with E-state index in [4.69, 9.17) is 4.74 Å². The van der Waals surface area contributed by atoms with Gasteiger partial charge in [-0.25, -0.2) is 4.39 Å². The molecule has 0 bridgehead atoms. The summed E-state index contributed by atoms with van der Waals surface area (Å²) >= 11 is 0. The third kappa shape index (κ3) is 3.39. The van der Waals surface area contributed by atoms with Crippen LogP contribution in [0.2, 0.25) is 0 Å². The van der Waals surface area contributed by atoms with Gasteiger partial charge in [0.1, 0.15) is 18.2 Å². The van der Waals surface area contributed by atoms with Gasteiger partial charge >= 0.3 is 0 Å². The monoisotopic (exact) mass is 346 g/mol. The summed E-state index contributed by atoms with van der Waals surface area (Å²) in [6.45, 7) is 1.64. The van der Waals surface area contributed by atoms with Crippen molar-refractivity contribution in [3.63, 3.8) is 0 Å². The molecular formula is C17H19FN4O3. The summed E-state index contributed by atoms with van der Waals surface area (Å²) < 4.78 is 20.3. The van der Waals surface area contributed by atoms with Gasteiger partial charge in [-0.1, -0.05) is 12.1 Å². The summed E-state index contributed by atoms with van der Waals surface area (Å²) in [5, 5.41) is 6.95. The highest BCUT2D eigenvalue weighted by molar-refractivity contribution is 5.95. The minimum atomic E-state index is -0.914. The zero-order valence-corrected chi connectivity index (χ0v) is 14.2. The van der Waals surface area contributed by atoms with Crippen molar-refractivity contribution in [1.29, 1.82) is 0 Å². The first kappa shape index (κ1) is 17.1. The second-order valence-electron chi connectivity index (χ2n) is 6.02. The molecule has 1 saturated heterocycles. The molecule has 0 saturated carbocycles. The van der Waals surface area contributed by atoms with Crippen LogP contribution in [-0.4, -0.2) is 46.3 Å². The lowest BCUT2D eigenvalue weighted by molar-refractivity contribution is -0.160. The quantitative estimate of drug-likeness (QED) is 0.912. The first-order valence-electron chi connectivity index (χ1n) is 7.81. The number of aromatic nitrogens is 2. The number of anilines is 1. The van der Waals surface area contributed by atoms with Crippen molar-refractivity contribution < 1.29 is 18.7 Å². The number of hydrogen-bond donors (Lipinski definition) is 1. The smallest absolute Gasteiger partial charge is 0.257 e. The van der Waals surface area contributed by atoms with Crippen molar-refractivity contribution in [1.82, 2.24) is 14.7 Å². The molecule has 1 aromatic carbocycles. The van der Waals surface area contributed by atoms with Crippen LogP contribution in [0.4, 0.5) is 10.2 Å². The fraction of sp³-hybridized carbons (Fsp3) is 0.353. The van der Waals surface area contributed by atoms with Gasteiger partial charge in [0.25, 0.3) is 5.91 Å². The van der Waals surface area contributed by atoms with Gasteiger partial charge in [-0.15, -0.1) is 0 Å². The molecule has 1 aromatic heterocycles. The standard InChI is InChI=1S/C17H19FN4O3/c1-10-8-13(22(3)20-10)19-17(24)16-15(21(2)14(23)9-25-16)11-4-6-12(18)7-5-11/h4-8,15-16H,9H2,1-3H3,(H,19,24)/t15-,16+/m1/s1. The number of halogens is 1. The Balaban J connectivity index is 1.88. The van der Waals surface area contributed by atoms with Crippen LogP contribution >= 0.6 is 0 Å². The van der Waals surface area contributed by atoms with E-state index in [0.29, 0.717) is 11.4 Å². The topological polar surface area (TPSA) is 76.5 Å². The van der Waals surface area contributed by atoms with E-state index in [0.717, 1.165) is 5.69 Å². The third-order valence-electron chi connectivity index (χ3n) is 4.21. The summed E-state index contributed by atoms with van der Waals surface area (Å²) in [6.07, 6.45) is -0.914. The Kier molecular flexibility index (Phi) is 4.54. The molecule has 2 heterocycles. The molecule has 1 fully saturated rings. The van der Waals surface area contributed by atoms with Crippen LogP contribution in [0.3, 0.4) is 0 Å². The lowest BCUT2D eigenvalue weighted by Gasteiger charge is -2.38. The minimum Gasteiger partial charge on any atom is -0.356 e. The molecule has 0 unspecified atom stereocenters. The van der Waals surface area contributed by atoms with Crippen LogP contribution in [0, 0.1) is 12.7 Å². The SMILES string of the molecule is Cc1cc(NC(=O)[C@H]2OCC(=O)N(C)[C@@H]2c2ccc(F)cc2)n(C)n1. The van der Waals surface area contributed by atoms with E-state index in [1.54, 1.807) is 37.0 Å². The molecule has 7 nitrogen and oxygen atoms in total. The predicted molar refractivity (Wildman–Crippen MR) is 88.2 cm³/mol. The van der Waals surface area contributed by atoms with E-state index >= 15 is 0 Å². The molecule has 0 aliphatic carbocycles. The summed E-state index contributed by atoms with van der Waals surface area (Å²) in [4.78, 5) is 26.2. The van der Waals surface area contributed by atoms with Gasteiger partial charge in [0, 0.05) is 20.2 Å². The van der Waals surface area contributed by atoms with Gasteiger partial charge in [-0.05, 0) is 24.6 Å². The van der Waals surface area contributed by atoms with Gasteiger partial charge in [0.15, 0.2) is 6.10 Å². The average Bonchev–Trinajstić information content (AvgIpc) is 2.88. The van der Waals surface area contributed by atoms with Gasteiger partial charge in [-0.2, -0.15) is 5.10 Å². The molecule has 1 aliphatic rings. The van der Waals surface area contributed by atoms with E-state index in [9.17, 15) is 14.0 Å². The van der Waals surface area contributed by atoms with Crippen molar-refractivity contribution in [2.75, 3.05) is 19.0 Å². The maximum absolute atomic E-state index is 13.2. The third-order valence-corrected chi connectivity index (χ3v) is 4.21. The van der Waals surface area contributed by atoms with Gasteiger partial charge in [0.2, 0.25) is 5.91 Å². The lowest BCUT2D eigenvalue weighted by Crippen LogP contribution is -2.51. The molecule has 3 rings (SSSR count). The molecule has 25 heavy (non-hydrogen) atoms. The average molecular weight is 346 g/mol. The van der Waals surface area contributed by atoms with Crippen molar-refractivity contribution >= 4 is 17.6 Å². The molecule has 2 aromatic rings. The van der Waals surface area contributed by atoms with Crippen LogP contribution in [0.5, 0.6) is 0 Å². The number of amides is 2. The number of carbonyl (C=O) groups excluding carboxylic acids is 2. The normalized spacial score (nSPS) is 20.6. The van der Waals surface area contributed by atoms with Crippen molar-refractivity contribution in [2.45, 2.75) is 19.1 Å². The number of aryl methyl sites for hydroxylation is 2. The van der Waals surface area contributed by atoms with Crippen LogP contribution in [0.1, 0.15) is 17.3 Å². The molecule has 1 aliphatic heterocycles. The number of likely N-dealkylation sites (N-methyl/N-ethyl adjacent to an activating group) is 1. The van der Waals surface area contributed by atoms with Gasteiger partial charge in [-0.3, -0.25) is 14.3 Å². The molecule has 0 spiro atoms. The van der Waals surface area contributed by atoms with E-state index < -0.39 is 18.1 Å². The van der Waals surface area contributed by atoms with Crippen LogP contribution in [0.25, 0.3) is 0 Å². The van der Waals surface area contributed by atoms with Crippen LogP contribution in [-0.2, 0) is 21.4 Å². The van der Waals surface area contributed by atoms with Gasteiger partial charge < -0.3 is 15.0 Å². The summed E-state index contributed by atoms with van der Waals surface area (Å²) in [5.74, 6) is -0.490. The number of rotatable bonds is 3.